The topological polar surface area (TPSA) is 83.6 Å². The number of carbonyl (C=O) groups is 4. The number of fused-ring (bicyclic) bond motifs is 5. The summed E-state index contributed by atoms with van der Waals surface area (Å²) in [5.74, 6) is -1.69. The lowest BCUT2D eigenvalue weighted by Crippen LogP contribution is -2.48. The summed E-state index contributed by atoms with van der Waals surface area (Å²) >= 11 is 6.19. The third-order valence-corrected chi connectivity index (χ3v) is 8.05. The summed E-state index contributed by atoms with van der Waals surface area (Å²) in [5.41, 5.74) is 1.92. The number of ketones is 3. The van der Waals surface area contributed by atoms with Crippen molar-refractivity contribution >= 4 is 52.3 Å². The number of benzene rings is 3. The van der Waals surface area contributed by atoms with Crippen molar-refractivity contribution in [2.45, 2.75) is 31.8 Å². The molecule has 1 spiro atoms. The van der Waals surface area contributed by atoms with Gasteiger partial charge in [-0.25, -0.2) is 0 Å². The van der Waals surface area contributed by atoms with Gasteiger partial charge in [0.25, 0.3) is 0 Å². The van der Waals surface area contributed by atoms with Crippen LogP contribution in [-0.4, -0.2) is 35.3 Å². The SMILES string of the molecule is CC(=O)Nc1cccc2c1C=C[C@@H]1N2[C@H](C(C)=O)[C@@H](c2ccc(Cl)cc2)C12C(=O)c1ccccc1C2=O. The van der Waals surface area contributed by atoms with Gasteiger partial charge < -0.3 is 10.2 Å². The average Bonchev–Trinajstić information content (AvgIpc) is 3.31. The fourth-order valence-corrected chi connectivity index (χ4v) is 6.62. The highest BCUT2D eigenvalue weighted by Crippen LogP contribution is 2.61. The summed E-state index contributed by atoms with van der Waals surface area (Å²) in [7, 11) is 0. The van der Waals surface area contributed by atoms with E-state index in [0.717, 1.165) is 5.56 Å². The molecule has 0 radical (unpaired) electrons. The quantitative estimate of drug-likeness (QED) is 0.482. The van der Waals surface area contributed by atoms with Crippen molar-refractivity contribution in [1.82, 2.24) is 0 Å². The first-order chi connectivity index (χ1) is 17.8. The molecule has 1 saturated heterocycles. The minimum absolute atomic E-state index is 0.162. The Hall–Kier alpha value is -4.03. The van der Waals surface area contributed by atoms with E-state index in [1.807, 2.05) is 23.1 Å². The van der Waals surface area contributed by atoms with Gasteiger partial charge in [0.2, 0.25) is 5.91 Å². The molecule has 0 bridgehead atoms. The van der Waals surface area contributed by atoms with Gasteiger partial charge in [0.15, 0.2) is 17.3 Å². The van der Waals surface area contributed by atoms with Crippen molar-refractivity contribution in [3.63, 3.8) is 0 Å². The molecule has 3 aliphatic rings. The van der Waals surface area contributed by atoms with E-state index in [-0.39, 0.29) is 23.3 Å². The van der Waals surface area contributed by atoms with Crippen LogP contribution in [0.15, 0.2) is 72.8 Å². The molecule has 1 fully saturated rings. The van der Waals surface area contributed by atoms with E-state index in [0.29, 0.717) is 33.1 Å². The lowest BCUT2D eigenvalue weighted by molar-refractivity contribution is -0.118. The molecule has 7 heteroatoms. The zero-order valence-corrected chi connectivity index (χ0v) is 21.0. The summed E-state index contributed by atoms with van der Waals surface area (Å²) in [5, 5.41) is 3.37. The van der Waals surface area contributed by atoms with E-state index in [1.54, 1.807) is 60.7 Å². The second-order valence-corrected chi connectivity index (χ2v) is 10.2. The van der Waals surface area contributed by atoms with E-state index >= 15 is 0 Å². The smallest absolute Gasteiger partial charge is 0.221 e. The maximum atomic E-state index is 14.4. The largest absolute Gasteiger partial charge is 0.352 e. The van der Waals surface area contributed by atoms with Gasteiger partial charge in [-0.1, -0.05) is 66.2 Å². The highest BCUT2D eigenvalue weighted by atomic mass is 35.5. The van der Waals surface area contributed by atoms with Crippen molar-refractivity contribution in [2.75, 3.05) is 10.2 Å². The first kappa shape index (κ1) is 23.4. The van der Waals surface area contributed by atoms with Gasteiger partial charge in [-0.15, -0.1) is 0 Å². The van der Waals surface area contributed by atoms with Crippen LogP contribution in [0.5, 0.6) is 0 Å². The van der Waals surface area contributed by atoms with E-state index in [1.165, 1.54) is 13.8 Å². The Morgan fingerprint density at radius 3 is 2.14 bits per heavy atom. The summed E-state index contributed by atoms with van der Waals surface area (Å²) in [6.07, 6.45) is 3.68. The summed E-state index contributed by atoms with van der Waals surface area (Å²) < 4.78 is 0. The Morgan fingerprint density at radius 1 is 0.892 bits per heavy atom. The van der Waals surface area contributed by atoms with E-state index in [4.69, 9.17) is 11.6 Å². The van der Waals surface area contributed by atoms with Crippen molar-refractivity contribution in [3.05, 3.63) is 100 Å². The van der Waals surface area contributed by atoms with Crippen molar-refractivity contribution < 1.29 is 19.2 Å². The van der Waals surface area contributed by atoms with Gasteiger partial charge in [-0.3, -0.25) is 19.2 Å². The van der Waals surface area contributed by atoms with Gasteiger partial charge in [0.05, 0.1) is 17.8 Å². The summed E-state index contributed by atoms with van der Waals surface area (Å²) in [6, 6.07) is 17.8. The molecule has 6 nitrogen and oxygen atoms in total. The van der Waals surface area contributed by atoms with E-state index in [9.17, 15) is 19.2 Å². The normalized spacial score (nSPS) is 22.6. The molecule has 1 N–H and O–H groups in total. The number of anilines is 2. The standard InChI is InChI=1S/C30H23ClN2O4/c1-16(34)27-26(18-10-12-19(31)13-11-18)30(28(36)20-6-3-4-7-21(20)29(30)37)25-15-14-22-23(32-17(2)35)8-5-9-24(22)33(25)27/h3-15,25-27H,1-2H3,(H,32,35)/t25-,26+,27+/m0/s1. The molecule has 37 heavy (non-hydrogen) atoms. The molecule has 184 valence electrons. The predicted molar refractivity (Wildman–Crippen MR) is 142 cm³/mol. The van der Waals surface area contributed by atoms with Crippen LogP contribution in [0.4, 0.5) is 11.4 Å². The average molecular weight is 511 g/mol. The summed E-state index contributed by atoms with van der Waals surface area (Å²) in [4.78, 5) is 56.0. The molecule has 2 aliphatic heterocycles. The number of hydrogen-bond donors (Lipinski definition) is 1. The van der Waals surface area contributed by atoms with Crippen LogP contribution in [0.2, 0.25) is 5.02 Å². The fourth-order valence-electron chi connectivity index (χ4n) is 6.49. The Labute approximate surface area is 218 Å². The molecular weight excluding hydrogens is 488 g/mol. The monoisotopic (exact) mass is 510 g/mol. The molecule has 1 amide bonds. The number of nitrogens with one attached hydrogen (secondary N) is 1. The molecule has 0 aromatic heterocycles. The molecule has 3 atom stereocenters. The first-order valence-electron chi connectivity index (χ1n) is 12.1. The molecule has 3 aromatic carbocycles. The van der Waals surface area contributed by atoms with Gasteiger partial charge in [-0.2, -0.15) is 0 Å². The third-order valence-electron chi connectivity index (χ3n) is 7.80. The number of amides is 1. The molecular formula is C30H23ClN2O4. The molecule has 0 unspecified atom stereocenters. The summed E-state index contributed by atoms with van der Waals surface area (Å²) in [6.45, 7) is 2.93. The van der Waals surface area contributed by atoms with Gasteiger partial charge in [0.1, 0.15) is 5.41 Å². The van der Waals surface area contributed by atoms with Crippen LogP contribution in [-0.2, 0) is 9.59 Å². The van der Waals surface area contributed by atoms with Gasteiger partial charge in [0, 0.05) is 40.2 Å². The fraction of sp³-hybridized carbons (Fsp3) is 0.200. The third kappa shape index (κ3) is 3.12. The molecule has 6 rings (SSSR count). The second kappa shape index (κ2) is 8.25. The Bertz CT molecular complexity index is 1510. The molecule has 1 aliphatic carbocycles. The molecule has 0 saturated carbocycles. The second-order valence-electron chi connectivity index (χ2n) is 9.79. The van der Waals surface area contributed by atoms with Crippen LogP contribution < -0.4 is 10.2 Å². The van der Waals surface area contributed by atoms with Crippen LogP contribution in [0, 0.1) is 5.41 Å². The van der Waals surface area contributed by atoms with Crippen LogP contribution in [0.1, 0.15) is 51.6 Å². The number of Topliss-reactive ketones (excluding diaryl/α,β-unsaturated/α-hetero) is 3. The predicted octanol–water partition coefficient (Wildman–Crippen LogP) is 5.32. The minimum atomic E-state index is -1.54. The highest BCUT2D eigenvalue weighted by Gasteiger charge is 2.71. The number of hydrogen-bond acceptors (Lipinski definition) is 5. The number of halogens is 1. The maximum absolute atomic E-state index is 14.4. The van der Waals surface area contributed by atoms with Gasteiger partial charge >= 0.3 is 0 Å². The van der Waals surface area contributed by atoms with Gasteiger partial charge in [-0.05, 0) is 36.8 Å². The Kier molecular flexibility index (Phi) is 5.21. The first-order valence-corrected chi connectivity index (χ1v) is 12.5. The lowest BCUT2D eigenvalue weighted by atomic mass is 9.64. The Morgan fingerprint density at radius 2 is 1.54 bits per heavy atom. The van der Waals surface area contributed by atoms with Crippen LogP contribution >= 0.6 is 11.6 Å². The molecule has 2 heterocycles. The number of nitrogens with zero attached hydrogens (tertiary/aromatic N) is 1. The van der Waals surface area contributed by atoms with Crippen LogP contribution in [0.3, 0.4) is 0 Å². The Balaban J connectivity index is 1.65. The van der Waals surface area contributed by atoms with Crippen molar-refractivity contribution in [1.29, 1.82) is 0 Å². The lowest BCUT2D eigenvalue weighted by Gasteiger charge is -2.37. The molecule has 3 aromatic rings. The van der Waals surface area contributed by atoms with Crippen LogP contribution in [0.25, 0.3) is 6.08 Å². The van der Waals surface area contributed by atoms with Crippen molar-refractivity contribution in [2.24, 2.45) is 5.41 Å². The van der Waals surface area contributed by atoms with Crippen molar-refractivity contribution in [3.8, 4) is 0 Å². The zero-order valence-electron chi connectivity index (χ0n) is 20.2. The van der Waals surface area contributed by atoms with E-state index < -0.39 is 23.4 Å². The number of rotatable bonds is 3. The highest BCUT2D eigenvalue weighted by molar-refractivity contribution is 6.32. The maximum Gasteiger partial charge on any atom is 0.221 e. The van der Waals surface area contributed by atoms with E-state index in [2.05, 4.69) is 5.32 Å². The minimum Gasteiger partial charge on any atom is -0.352 e. The number of carbonyl (C=O) groups excluding carboxylic acids is 4. The zero-order chi connectivity index (χ0) is 26.1.